The summed E-state index contributed by atoms with van der Waals surface area (Å²) >= 11 is 0. The van der Waals surface area contributed by atoms with Crippen molar-refractivity contribution in [2.75, 3.05) is 47.7 Å². The van der Waals surface area contributed by atoms with Gasteiger partial charge in [0.15, 0.2) is 23.0 Å². The summed E-state index contributed by atoms with van der Waals surface area (Å²) in [6.07, 6.45) is 0. The molecule has 0 radical (unpaired) electrons. The second-order valence-corrected chi connectivity index (χ2v) is 5.84. The first kappa shape index (κ1) is 21.8. The number of nitrogens with one attached hydrogen (secondary N) is 1. The lowest BCUT2D eigenvalue weighted by Gasteiger charge is -2.20. The Morgan fingerprint density at radius 2 is 1.64 bits per heavy atom. The van der Waals surface area contributed by atoms with Crippen molar-refractivity contribution in [3.05, 3.63) is 35.9 Å². The molecule has 1 heterocycles. The van der Waals surface area contributed by atoms with Gasteiger partial charge >= 0.3 is 0 Å². The maximum atomic E-state index is 5.83. The molecule has 0 fully saturated rings. The number of halogens is 1. The first-order valence-corrected chi connectivity index (χ1v) is 8.77. The molecular weight excluding hydrogens is 386 g/mol. The molecule has 0 saturated carbocycles. The third-order valence-corrected chi connectivity index (χ3v) is 4.12. The summed E-state index contributed by atoms with van der Waals surface area (Å²) in [6.45, 7) is 2.91. The number of rotatable bonds is 9. The predicted octanol–water partition coefficient (Wildman–Crippen LogP) is 3.07. The standard InChI is InChI=1S/C20H25NO6.ClH/c1-22-17-11-14(12-18(23-2)19(17)24-3)13-21-7-8-25-15-5-4-6-16-20(15)27-10-9-26-16;/h4-6,11-12,21H,7-10,13H2,1-3H3;1H. The minimum Gasteiger partial charge on any atom is -0.493 e. The lowest BCUT2D eigenvalue weighted by molar-refractivity contribution is 0.162. The van der Waals surface area contributed by atoms with Crippen LogP contribution in [-0.2, 0) is 6.54 Å². The monoisotopic (exact) mass is 411 g/mol. The van der Waals surface area contributed by atoms with E-state index in [0.29, 0.717) is 61.7 Å². The van der Waals surface area contributed by atoms with E-state index >= 15 is 0 Å². The van der Waals surface area contributed by atoms with Crippen LogP contribution < -0.4 is 33.7 Å². The van der Waals surface area contributed by atoms with Crippen LogP contribution in [0.2, 0.25) is 0 Å². The van der Waals surface area contributed by atoms with Gasteiger partial charge in [-0.05, 0) is 29.8 Å². The molecule has 0 saturated heterocycles. The minimum absolute atomic E-state index is 0. The molecule has 1 aliphatic rings. The molecule has 8 heteroatoms. The van der Waals surface area contributed by atoms with E-state index in [9.17, 15) is 0 Å². The molecule has 154 valence electrons. The van der Waals surface area contributed by atoms with E-state index in [1.807, 2.05) is 30.3 Å². The normalized spacial score (nSPS) is 12.0. The number of hydrogen-bond donors (Lipinski definition) is 1. The summed E-state index contributed by atoms with van der Waals surface area (Å²) < 4.78 is 33.1. The van der Waals surface area contributed by atoms with Gasteiger partial charge in [-0.2, -0.15) is 0 Å². The van der Waals surface area contributed by atoms with Gasteiger partial charge in [0.2, 0.25) is 11.5 Å². The first-order valence-electron chi connectivity index (χ1n) is 8.77. The molecule has 0 aliphatic carbocycles. The second kappa shape index (κ2) is 10.7. The molecule has 7 nitrogen and oxygen atoms in total. The zero-order valence-corrected chi connectivity index (χ0v) is 17.1. The Morgan fingerprint density at radius 1 is 0.929 bits per heavy atom. The minimum atomic E-state index is 0. The fraction of sp³-hybridized carbons (Fsp3) is 0.400. The number of hydrogen-bond acceptors (Lipinski definition) is 7. The molecule has 0 spiro atoms. The van der Waals surface area contributed by atoms with E-state index in [-0.39, 0.29) is 12.4 Å². The van der Waals surface area contributed by atoms with Gasteiger partial charge in [0.1, 0.15) is 19.8 Å². The van der Waals surface area contributed by atoms with Crippen LogP contribution in [0.25, 0.3) is 0 Å². The van der Waals surface area contributed by atoms with Crippen molar-refractivity contribution in [1.29, 1.82) is 0 Å². The third kappa shape index (κ3) is 5.05. The Kier molecular flexibility index (Phi) is 8.35. The van der Waals surface area contributed by atoms with Crippen molar-refractivity contribution in [2.45, 2.75) is 6.54 Å². The average Bonchev–Trinajstić information content (AvgIpc) is 2.72. The highest BCUT2D eigenvalue weighted by Gasteiger charge is 2.16. The smallest absolute Gasteiger partial charge is 0.203 e. The Hall–Kier alpha value is -2.51. The summed E-state index contributed by atoms with van der Waals surface area (Å²) in [7, 11) is 4.80. The van der Waals surface area contributed by atoms with Crippen LogP contribution in [0.1, 0.15) is 5.56 Å². The molecule has 2 aromatic carbocycles. The molecular formula is C20H26ClNO6. The van der Waals surface area contributed by atoms with Gasteiger partial charge in [-0.3, -0.25) is 0 Å². The maximum absolute atomic E-state index is 5.83. The van der Waals surface area contributed by atoms with E-state index in [1.165, 1.54) is 0 Å². The van der Waals surface area contributed by atoms with Gasteiger partial charge in [0.25, 0.3) is 0 Å². The van der Waals surface area contributed by atoms with E-state index in [2.05, 4.69) is 5.32 Å². The van der Waals surface area contributed by atoms with Crippen molar-refractivity contribution in [3.8, 4) is 34.5 Å². The SMILES string of the molecule is COc1cc(CNCCOc2cccc3c2OCCO3)cc(OC)c1OC.Cl. The van der Waals surface area contributed by atoms with Gasteiger partial charge in [-0.1, -0.05) is 6.07 Å². The zero-order chi connectivity index (χ0) is 19.1. The van der Waals surface area contributed by atoms with Crippen LogP contribution in [0.5, 0.6) is 34.5 Å². The molecule has 28 heavy (non-hydrogen) atoms. The average molecular weight is 412 g/mol. The first-order chi connectivity index (χ1) is 13.3. The Morgan fingerprint density at radius 3 is 2.32 bits per heavy atom. The largest absolute Gasteiger partial charge is 0.493 e. The van der Waals surface area contributed by atoms with Gasteiger partial charge < -0.3 is 33.7 Å². The highest BCUT2D eigenvalue weighted by atomic mass is 35.5. The highest BCUT2D eigenvalue weighted by Crippen LogP contribution is 2.39. The third-order valence-electron chi connectivity index (χ3n) is 4.12. The van der Waals surface area contributed by atoms with Crippen LogP contribution in [0.15, 0.2) is 30.3 Å². The molecule has 0 bridgehead atoms. The maximum Gasteiger partial charge on any atom is 0.203 e. The number of fused-ring (bicyclic) bond motifs is 1. The summed E-state index contributed by atoms with van der Waals surface area (Å²) in [6, 6.07) is 9.50. The molecule has 1 N–H and O–H groups in total. The topological polar surface area (TPSA) is 67.4 Å². The zero-order valence-electron chi connectivity index (χ0n) is 16.3. The quantitative estimate of drug-likeness (QED) is 0.636. The van der Waals surface area contributed by atoms with Crippen molar-refractivity contribution in [2.24, 2.45) is 0 Å². The van der Waals surface area contributed by atoms with Gasteiger partial charge in [0.05, 0.1) is 21.3 Å². The molecule has 3 rings (SSSR count). The van der Waals surface area contributed by atoms with Crippen LogP contribution in [-0.4, -0.2) is 47.7 Å². The van der Waals surface area contributed by atoms with E-state index in [4.69, 9.17) is 28.4 Å². The molecule has 1 aliphatic heterocycles. The van der Waals surface area contributed by atoms with E-state index < -0.39 is 0 Å². The predicted molar refractivity (Wildman–Crippen MR) is 108 cm³/mol. The van der Waals surface area contributed by atoms with Gasteiger partial charge in [-0.15, -0.1) is 12.4 Å². The fourth-order valence-corrected chi connectivity index (χ4v) is 2.86. The molecule has 0 aromatic heterocycles. The number of methoxy groups -OCH3 is 3. The second-order valence-electron chi connectivity index (χ2n) is 5.84. The van der Waals surface area contributed by atoms with Crippen molar-refractivity contribution < 1.29 is 28.4 Å². The number of para-hydroxylation sites is 1. The van der Waals surface area contributed by atoms with Crippen LogP contribution in [0.3, 0.4) is 0 Å². The Labute approximate surface area is 171 Å². The highest BCUT2D eigenvalue weighted by molar-refractivity contribution is 5.85. The van der Waals surface area contributed by atoms with Gasteiger partial charge in [-0.25, -0.2) is 0 Å². The summed E-state index contributed by atoms with van der Waals surface area (Å²) in [5.74, 6) is 3.96. The van der Waals surface area contributed by atoms with Crippen LogP contribution in [0.4, 0.5) is 0 Å². The lowest BCUT2D eigenvalue weighted by Crippen LogP contribution is -2.21. The number of ether oxygens (including phenoxy) is 6. The molecule has 0 unspecified atom stereocenters. The van der Waals surface area contributed by atoms with Crippen LogP contribution in [0, 0.1) is 0 Å². The molecule has 0 atom stereocenters. The number of benzene rings is 2. The summed E-state index contributed by atoms with van der Waals surface area (Å²) in [4.78, 5) is 0. The molecule has 2 aromatic rings. The van der Waals surface area contributed by atoms with Crippen LogP contribution >= 0.6 is 12.4 Å². The van der Waals surface area contributed by atoms with Crippen molar-refractivity contribution >= 4 is 12.4 Å². The van der Waals surface area contributed by atoms with E-state index in [1.54, 1.807) is 21.3 Å². The van der Waals surface area contributed by atoms with Crippen molar-refractivity contribution in [3.63, 3.8) is 0 Å². The lowest BCUT2D eigenvalue weighted by atomic mass is 10.2. The fourth-order valence-electron chi connectivity index (χ4n) is 2.86. The molecule has 0 amide bonds. The Bertz CT molecular complexity index is 745. The Balaban J connectivity index is 0.00000280. The van der Waals surface area contributed by atoms with E-state index in [0.717, 1.165) is 11.3 Å². The summed E-state index contributed by atoms with van der Waals surface area (Å²) in [5.41, 5.74) is 1.03. The van der Waals surface area contributed by atoms with Crippen molar-refractivity contribution in [1.82, 2.24) is 5.32 Å². The summed E-state index contributed by atoms with van der Waals surface area (Å²) in [5, 5.41) is 3.34. The van der Waals surface area contributed by atoms with Gasteiger partial charge in [0, 0.05) is 13.1 Å².